The second-order valence-corrected chi connectivity index (χ2v) is 4.08. The third-order valence-corrected chi connectivity index (χ3v) is 2.42. The Hall–Kier alpha value is -0.990. The van der Waals surface area contributed by atoms with Gasteiger partial charge < -0.3 is 0 Å². The van der Waals surface area contributed by atoms with E-state index in [1.807, 2.05) is 11.6 Å². The molecule has 0 aromatic carbocycles. The molecule has 0 aliphatic carbocycles. The molecule has 0 atom stereocenters. The van der Waals surface area contributed by atoms with Crippen molar-refractivity contribution in [2.24, 2.45) is 5.92 Å². The van der Waals surface area contributed by atoms with Crippen LogP contribution in [-0.4, -0.2) is 9.78 Å². The molecule has 1 aromatic heterocycles. The average Bonchev–Trinajstić information content (AvgIpc) is 2.39. The molecule has 0 saturated heterocycles. The van der Waals surface area contributed by atoms with Gasteiger partial charge in [-0.3, -0.25) is 14.6 Å². The van der Waals surface area contributed by atoms with Crippen LogP contribution in [0.5, 0.6) is 0 Å². The SMILES string of the molecule is CCc1c(CC)n(CC(C)C)[nH]c1=O. The smallest absolute Gasteiger partial charge is 0.267 e. The lowest BCUT2D eigenvalue weighted by molar-refractivity contribution is 0.467. The van der Waals surface area contributed by atoms with Crippen LogP contribution in [0.2, 0.25) is 0 Å². The molecule has 0 radical (unpaired) electrons. The van der Waals surface area contributed by atoms with Crippen molar-refractivity contribution in [3.05, 3.63) is 21.6 Å². The van der Waals surface area contributed by atoms with Crippen LogP contribution >= 0.6 is 0 Å². The van der Waals surface area contributed by atoms with Crippen LogP contribution in [0.15, 0.2) is 4.79 Å². The Kier molecular flexibility index (Phi) is 3.55. The maximum absolute atomic E-state index is 11.6. The highest BCUT2D eigenvalue weighted by Crippen LogP contribution is 2.08. The summed E-state index contributed by atoms with van der Waals surface area (Å²) in [6.45, 7) is 9.34. The van der Waals surface area contributed by atoms with Gasteiger partial charge in [0.2, 0.25) is 0 Å². The molecule has 80 valence electrons. The molecule has 0 amide bonds. The summed E-state index contributed by atoms with van der Waals surface area (Å²) in [6.07, 6.45) is 1.75. The average molecular weight is 196 g/mol. The van der Waals surface area contributed by atoms with Crippen LogP contribution in [0, 0.1) is 5.92 Å². The third kappa shape index (κ3) is 2.08. The summed E-state index contributed by atoms with van der Waals surface area (Å²) in [5.41, 5.74) is 2.21. The molecule has 0 bridgehead atoms. The molecule has 0 aliphatic rings. The molecule has 3 heteroatoms. The molecular weight excluding hydrogens is 176 g/mol. The van der Waals surface area contributed by atoms with E-state index in [2.05, 4.69) is 25.9 Å². The third-order valence-electron chi connectivity index (χ3n) is 2.42. The van der Waals surface area contributed by atoms with E-state index in [4.69, 9.17) is 0 Å². The monoisotopic (exact) mass is 196 g/mol. The number of hydrogen-bond donors (Lipinski definition) is 1. The maximum atomic E-state index is 11.6. The summed E-state index contributed by atoms with van der Waals surface area (Å²) in [5, 5.41) is 2.91. The zero-order chi connectivity index (χ0) is 10.7. The number of hydrogen-bond acceptors (Lipinski definition) is 1. The van der Waals surface area contributed by atoms with Crippen LogP contribution in [0.1, 0.15) is 39.0 Å². The molecule has 14 heavy (non-hydrogen) atoms. The minimum atomic E-state index is 0.0880. The number of H-pyrrole nitrogens is 1. The summed E-state index contributed by atoms with van der Waals surface area (Å²) in [6, 6.07) is 0. The largest absolute Gasteiger partial charge is 0.289 e. The van der Waals surface area contributed by atoms with E-state index in [0.717, 1.165) is 24.9 Å². The van der Waals surface area contributed by atoms with Crippen molar-refractivity contribution in [3.63, 3.8) is 0 Å². The number of nitrogens with one attached hydrogen (secondary N) is 1. The van der Waals surface area contributed by atoms with Crippen molar-refractivity contribution >= 4 is 0 Å². The molecule has 0 unspecified atom stereocenters. The molecular formula is C11H20N2O. The first kappa shape index (κ1) is 11.1. The van der Waals surface area contributed by atoms with Gasteiger partial charge in [-0.05, 0) is 18.8 Å². The highest BCUT2D eigenvalue weighted by Gasteiger charge is 2.11. The Morgan fingerprint density at radius 3 is 2.36 bits per heavy atom. The van der Waals surface area contributed by atoms with Gasteiger partial charge in [-0.1, -0.05) is 27.7 Å². The first-order valence-corrected chi connectivity index (χ1v) is 5.40. The van der Waals surface area contributed by atoms with E-state index in [-0.39, 0.29) is 5.56 Å². The van der Waals surface area contributed by atoms with Crippen molar-refractivity contribution in [1.29, 1.82) is 0 Å². The van der Waals surface area contributed by atoms with Gasteiger partial charge in [0.25, 0.3) is 5.56 Å². The second-order valence-electron chi connectivity index (χ2n) is 4.08. The predicted molar refractivity (Wildman–Crippen MR) is 58.6 cm³/mol. The summed E-state index contributed by atoms with van der Waals surface area (Å²) in [7, 11) is 0. The minimum absolute atomic E-state index is 0.0880. The van der Waals surface area contributed by atoms with E-state index in [9.17, 15) is 4.79 Å². The van der Waals surface area contributed by atoms with E-state index in [1.165, 1.54) is 5.69 Å². The Balaban J connectivity index is 3.11. The number of aromatic amines is 1. The van der Waals surface area contributed by atoms with Crippen molar-refractivity contribution < 1.29 is 0 Å². The highest BCUT2D eigenvalue weighted by atomic mass is 16.1. The molecule has 0 fully saturated rings. The Morgan fingerprint density at radius 1 is 1.29 bits per heavy atom. The summed E-state index contributed by atoms with van der Waals surface area (Å²) in [5.74, 6) is 0.563. The molecule has 0 saturated carbocycles. The molecule has 1 heterocycles. The van der Waals surface area contributed by atoms with E-state index in [0.29, 0.717) is 5.92 Å². The summed E-state index contributed by atoms with van der Waals surface area (Å²) in [4.78, 5) is 11.6. The van der Waals surface area contributed by atoms with Gasteiger partial charge in [-0.25, -0.2) is 0 Å². The number of rotatable bonds is 4. The van der Waals surface area contributed by atoms with Crippen LogP contribution in [0.3, 0.4) is 0 Å². The molecule has 3 nitrogen and oxygen atoms in total. The maximum Gasteiger partial charge on any atom is 0.267 e. The molecule has 1 aromatic rings. The Labute approximate surface area is 85.1 Å². The van der Waals surface area contributed by atoms with Gasteiger partial charge in [-0.15, -0.1) is 0 Å². The first-order valence-electron chi connectivity index (χ1n) is 5.40. The van der Waals surface area contributed by atoms with Crippen molar-refractivity contribution in [2.75, 3.05) is 0 Å². The Morgan fingerprint density at radius 2 is 1.93 bits per heavy atom. The minimum Gasteiger partial charge on any atom is -0.289 e. The Bertz CT molecular complexity index is 347. The van der Waals surface area contributed by atoms with Gasteiger partial charge in [0.15, 0.2) is 0 Å². The van der Waals surface area contributed by atoms with Crippen LogP contribution in [0.25, 0.3) is 0 Å². The summed E-state index contributed by atoms with van der Waals surface area (Å²) < 4.78 is 2.01. The van der Waals surface area contributed by atoms with E-state index < -0.39 is 0 Å². The lowest BCUT2D eigenvalue weighted by Gasteiger charge is -2.10. The standard InChI is InChI=1S/C11H20N2O/c1-5-9-10(6-2)13(7-8(3)4)12-11(9)14/h8H,5-7H2,1-4H3,(H,12,14). The van der Waals surface area contributed by atoms with Crippen LogP contribution in [0.4, 0.5) is 0 Å². The topological polar surface area (TPSA) is 37.8 Å². The van der Waals surface area contributed by atoms with Gasteiger partial charge in [0.1, 0.15) is 0 Å². The van der Waals surface area contributed by atoms with E-state index >= 15 is 0 Å². The van der Waals surface area contributed by atoms with Gasteiger partial charge in [0.05, 0.1) is 0 Å². The van der Waals surface area contributed by atoms with Crippen LogP contribution < -0.4 is 5.56 Å². The molecule has 1 rings (SSSR count). The summed E-state index contributed by atoms with van der Waals surface area (Å²) >= 11 is 0. The second kappa shape index (κ2) is 4.49. The first-order chi connectivity index (χ1) is 6.60. The van der Waals surface area contributed by atoms with Gasteiger partial charge in [-0.2, -0.15) is 0 Å². The fraction of sp³-hybridized carbons (Fsp3) is 0.727. The quantitative estimate of drug-likeness (QED) is 0.785. The van der Waals surface area contributed by atoms with Gasteiger partial charge in [0, 0.05) is 17.8 Å². The highest BCUT2D eigenvalue weighted by molar-refractivity contribution is 5.17. The molecule has 1 N–H and O–H groups in total. The molecule has 0 aliphatic heterocycles. The fourth-order valence-corrected chi connectivity index (χ4v) is 1.84. The zero-order valence-electron chi connectivity index (χ0n) is 9.55. The van der Waals surface area contributed by atoms with Crippen LogP contribution in [-0.2, 0) is 19.4 Å². The normalized spacial score (nSPS) is 11.2. The van der Waals surface area contributed by atoms with Gasteiger partial charge >= 0.3 is 0 Å². The molecule has 0 spiro atoms. The van der Waals surface area contributed by atoms with Crippen molar-refractivity contribution in [3.8, 4) is 0 Å². The van der Waals surface area contributed by atoms with E-state index in [1.54, 1.807) is 0 Å². The van der Waals surface area contributed by atoms with Crippen molar-refractivity contribution in [2.45, 2.75) is 47.1 Å². The lowest BCUT2D eigenvalue weighted by atomic mass is 10.1. The fourth-order valence-electron chi connectivity index (χ4n) is 1.84. The number of nitrogens with zero attached hydrogens (tertiary/aromatic N) is 1. The number of aromatic nitrogens is 2. The van der Waals surface area contributed by atoms with Crippen molar-refractivity contribution in [1.82, 2.24) is 9.78 Å². The predicted octanol–water partition coefficient (Wildman–Crippen LogP) is 1.96. The lowest BCUT2D eigenvalue weighted by Crippen LogP contribution is -2.11. The zero-order valence-corrected chi connectivity index (χ0v) is 9.55.